The normalized spacial score (nSPS) is 10.4. The van der Waals surface area contributed by atoms with Gasteiger partial charge in [-0.2, -0.15) is 22.7 Å². The van der Waals surface area contributed by atoms with E-state index >= 15 is 0 Å². The Bertz CT molecular complexity index is 508. The van der Waals surface area contributed by atoms with Gasteiger partial charge in [-0.3, -0.25) is 0 Å². The van der Waals surface area contributed by atoms with Crippen LogP contribution in [-0.2, 0) is 0 Å². The van der Waals surface area contributed by atoms with Crippen LogP contribution in [-0.4, -0.2) is 6.92 Å². The molecule has 0 N–H and O–H groups in total. The van der Waals surface area contributed by atoms with E-state index < -0.39 is 0 Å². The van der Waals surface area contributed by atoms with Crippen molar-refractivity contribution in [3.8, 4) is 5.06 Å². The molecule has 1 nitrogen and oxygen atoms in total. The molecule has 0 radical (unpaired) electrons. The molecule has 0 aliphatic carbocycles. The number of rotatable bonds is 4. The van der Waals surface area contributed by atoms with Crippen LogP contribution in [0.4, 0.5) is 0 Å². The van der Waals surface area contributed by atoms with Gasteiger partial charge in [0.1, 0.15) is 0 Å². The Morgan fingerprint density at radius 2 is 1.35 bits per heavy atom. The lowest BCUT2D eigenvalue weighted by molar-refractivity contribution is 0.611. The first-order chi connectivity index (χ1) is 8.43. The monoisotopic (exact) mass is 276 g/mol. The van der Waals surface area contributed by atoms with Gasteiger partial charge in [0.15, 0.2) is 5.06 Å². The zero-order valence-corrected chi connectivity index (χ0v) is 11.4. The summed E-state index contributed by atoms with van der Waals surface area (Å²) in [4.78, 5) is 0. The summed E-state index contributed by atoms with van der Waals surface area (Å²) in [6, 6.07) is 12.4. The highest BCUT2D eigenvalue weighted by molar-refractivity contribution is 7.30. The van der Waals surface area contributed by atoms with Gasteiger partial charge >= 0.3 is 6.92 Å². The van der Waals surface area contributed by atoms with Crippen LogP contribution in [0.15, 0.2) is 52.5 Å². The first-order valence-corrected chi connectivity index (χ1v) is 7.84. The van der Waals surface area contributed by atoms with Crippen LogP contribution in [0.5, 0.6) is 5.06 Å². The number of hydrogen-bond donors (Lipinski definition) is 0. The largest absolute Gasteiger partial charge is 0.543 e. The van der Waals surface area contributed by atoms with Crippen LogP contribution in [0, 0.1) is 0 Å². The fourth-order valence-electron chi connectivity index (χ4n) is 1.58. The van der Waals surface area contributed by atoms with Crippen LogP contribution >= 0.6 is 34.0 Å². The van der Waals surface area contributed by atoms with Crippen LogP contribution < -0.4 is 14.2 Å². The molecule has 3 rings (SSSR count). The summed E-state index contributed by atoms with van der Waals surface area (Å²) in [6.45, 7) is 0.0358. The van der Waals surface area contributed by atoms with Gasteiger partial charge in [0.2, 0.25) is 0 Å². The topological polar surface area (TPSA) is 9.23 Å². The Labute approximate surface area is 112 Å². The SMILES string of the molecule is c1csc(OB(c2cccs2)c2cccs2)c1. The van der Waals surface area contributed by atoms with Gasteiger partial charge in [0.05, 0.1) is 0 Å². The van der Waals surface area contributed by atoms with Gasteiger partial charge in [-0.05, 0) is 28.3 Å². The van der Waals surface area contributed by atoms with Gasteiger partial charge in [0.25, 0.3) is 0 Å². The summed E-state index contributed by atoms with van der Waals surface area (Å²) in [5, 5.41) is 7.19. The predicted molar refractivity (Wildman–Crippen MR) is 78.6 cm³/mol. The third kappa shape index (κ3) is 2.46. The average molecular weight is 276 g/mol. The first-order valence-electron chi connectivity index (χ1n) is 5.20. The van der Waals surface area contributed by atoms with E-state index in [0.29, 0.717) is 0 Å². The molecule has 0 unspecified atom stereocenters. The number of hydrogen-bond acceptors (Lipinski definition) is 4. The summed E-state index contributed by atoms with van der Waals surface area (Å²) in [7, 11) is 0. The summed E-state index contributed by atoms with van der Waals surface area (Å²) < 4.78 is 8.58. The molecule has 0 saturated heterocycles. The summed E-state index contributed by atoms with van der Waals surface area (Å²) in [5.74, 6) is 0. The highest BCUT2D eigenvalue weighted by Gasteiger charge is 2.26. The first kappa shape index (κ1) is 11.1. The average Bonchev–Trinajstić information content (AvgIpc) is 3.09. The molecule has 0 bridgehead atoms. The maximum atomic E-state index is 6.08. The molecule has 0 saturated carbocycles. The zero-order valence-electron chi connectivity index (χ0n) is 8.91. The molecule has 84 valence electrons. The van der Waals surface area contributed by atoms with Crippen molar-refractivity contribution in [2.45, 2.75) is 0 Å². The highest BCUT2D eigenvalue weighted by atomic mass is 32.1. The molecule has 3 aromatic rings. The van der Waals surface area contributed by atoms with E-state index in [1.807, 2.05) is 17.5 Å². The van der Waals surface area contributed by atoms with Gasteiger partial charge in [0, 0.05) is 9.55 Å². The molecule has 3 aromatic heterocycles. The van der Waals surface area contributed by atoms with Crippen LogP contribution in [0.25, 0.3) is 0 Å². The molecule has 0 aliphatic heterocycles. The fourth-order valence-corrected chi connectivity index (χ4v) is 3.80. The van der Waals surface area contributed by atoms with Crippen LogP contribution in [0.2, 0.25) is 0 Å². The highest BCUT2D eigenvalue weighted by Crippen LogP contribution is 2.19. The van der Waals surface area contributed by atoms with Gasteiger partial charge in [-0.25, -0.2) is 0 Å². The molecule has 0 spiro atoms. The van der Waals surface area contributed by atoms with E-state index in [0.717, 1.165) is 5.06 Å². The van der Waals surface area contributed by atoms with Crippen molar-refractivity contribution in [1.82, 2.24) is 0 Å². The summed E-state index contributed by atoms with van der Waals surface area (Å²) in [6.07, 6.45) is 0. The van der Waals surface area contributed by atoms with E-state index in [-0.39, 0.29) is 6.92 Å². The second-order valence-corrected chi connectivity index (χ2v) is 6.33. The van der Waals surface area contributed by atoms with Gasteiger partial charge in [-0.15, -0.1) is 11.3 Å². The quantitative estimate of drug-likeness (QED) is 0.665. The molecule has 0 atom stereocenters. The van der Waals surface area contributed by atoms with Crippen molar-refractivity contribution in [1.29, 1.82) is 0 Å². The Balaban J connectivity index is 1.92. The molecule has 0 amide bonds. The molecule has 17 heavy (non-hydrogen) atoms. The van der Waals surface area contributed by atoms with Crippen LogP contribution in [0.1, 0.15) is 0 Å². The van der Waals surface area contributed by atoms with Gasteiger partial charge < -0.3 is 4.65 Å². The molecule has 5 heteroatoms. The second kappa shape index (κ2) is 5.08. The van der Waals surface area contributed by atoms with E-state index in [1.54, 1.807) is 34.0 Å². The second-order valence-electron chi connectivity index (χ2n) is 3.46. The van der Waals surface area contributed by atoms with Crippen molar-refractivity contribution in [3.05, 3.63) is 52.5 Å². The Morgan fingerprint density at radius 1 is 0.765 bits per heavy atom. The molecule has 0 fully saturated rings. The summed E-state index contributed by atoms with van der Waals surface area (Å²) >= 11 is 5.11. The maximum absolute atomic E-state index is 6.08. The van der Waals surface area contributed by atoms with Crippen molar-refractivity contribution in [2.24, 2.45) is 0 Å². The molecular weight excluding hydrogens is 267 g/mol. The lowest BCUT2D eigenvalue weighted by Gasteiger charge is -2.11. The van der Waals surface area contributed by atoms with Crippen LogP contribution in [0.3, 0.4) is 0 Å². The van der Waals surface area contributed by atoms with Crippen molar-refractivity contribution < 1.29 is 4.65 Å². The van der Waals surface area contributed by atoms with Crippen molar-refractivity contribution in [3.63, 3.8) is 0 Å². The third-order valence-electron chi connectivity index (χ3n) is 2.33. The number of thiophene rings is 3. The minimum absolute atomic E-state index is 0.0358. The molecule has 3 heterocycles. The fraction of sp³-hybridized carbons (Fsp3) is 0. The smallest absolute Gasteiger partial charge is 0.447 e. The van der Waals surface area contributed by atoms with Crippen molar-refractivity contribution >= 4 is 50.5 Å². The predicted octanol–water partition coefficient (Wildman–Crippen LogP) is 3.06. The zero-order chi connectivity index (χ0) is 11.5. The van der Waals surface area contributed by atoms with E-state index in [1.165, 1.54) is 9.55 Å². The summed E-state index contributed by atoms with van der Waals surface area (Å²) in [5.41, 5.74) is 0. The Hall–Kier alpha value is -1.04. The Kier molecular flexibility index (Phi) is 3.31. The minimum Gasteiger partial charge on any atom is -0.543 e. The van der Waals surface area contributed by atoms with E-state index in [2.05, 4.69) is 35.0 Å². The molecular formula is C12H9BOS3. The molecule has 0 aromatic carbocycles. The standard InChI is InChI=1S/C12H9BOS3/c1-4-10(15-7-1)13(11-5-2-8-16-11)14-12-6-3-9-17-12/h1-9H. The van der Waals surface area contributed by atoms with E-state index in [4.69, 9.17) is 4.65 Å². The lowest BCUT2D eigenvalue weighted by atomic mass is 9.65. The minimum atomic E-state index is 0.0358. The molecule has 0 aliphatic rings. The Morgan fingerprint density at radius 3 is 1.82 bits per heavy atom. The third-order valence-corrected chi connectivity index (χ3v) is 4.92. The maximum Gasteiger partial charge on any atom is 0.447 e. The van der Waals surface area contributed by atoms with Crippen molar-refractivity contribution in [2.75, 3.05) is 0 Å². The van der Waals surface area contributed by atoms with Gasteiger partial charge in [-0.1, -0.05) is 24.3 Å². The van der Waals surface area contributed by atoms with E-state index in [9.17, 15) is 0 Å². The lowest BCUT2D eigenvalue weighted by Crippen LogP contribution is -2.44.